The molecule has 1 aliphatic heterocycles. The molecule has 1 saturated heterocycles. The SMILES string of the molecule is CC1(C)CCN(C(=O)[C@@H]2CCC[C@@H]2CN)CC1.Cl. The molecule has 2 aliphatic rings. The van der Waals surface area contributed by atoms with Crippen molar-refractivity contribution in [2.24, 2.45) is 23.0 Å². The molecule has 4 heteroatoms. The molecule has 1 saturated carbocycles. The lowest BCUT2D eigenvalue weighted by Gasteiger charge is -2.38. The van der Waals surface area contributed by atoms with Gasteiger partial charge in [-0.05, 0) is 43.6 Å². The second-order valence-corrected chi connectivity index (χ2v) is 6.52. The Morgan fingerprint density at radius 1 is 1.28 bits per heavy atom. The average Bonchev–Trinajstić information content (AvgIpc) is 2.76. The number of hydrogen-bond donors (Lipinski definition) is 1. The van der Waals surface area contributed by atoms with Crippen molar-refractivity contribution < 1.29 is 4.79 Å². The summed E-state index contributed by atoms with van der Waals surface area (Å²) in [5.41, 5.74) is 6.18. The molecule has 2 rings (SSSR count). The van der Waals surface area contributed by atoms with E-state index >= 15 is 0 Å². The van der Waals surface area contributed by atoms with Gasteiger partial charge in [-0.25, -0.2) is 0 Å². The average molecular weight is 275 g/mol. The first-order chi connectivity index (χ1) is 8.03. The first kappa shape index (κ1) is 15.8. The smallest absolute Gasteiger partial charge is 0.226 e. The maximum absolute atomic E-state index is 12.5. The van der Waals surface area contributed by atoms with Crippen molar-refractivity contribution in [1.29, 1.82) is 0 Å². The number of amides is 1. The Balaban J connectivity index is 0.00000162. The summed E-state index contributed by atoms with van der Waals surface area (Å²) in [6, 6.07) is 0. The van der Waals surface area contributed by atoms with Gasteiger partial charge in [-0.3, -0.25) is 4.79 Å². The summed E-state index contributed by atoms with van der Waals surface area (Å²) < 4.78 is 0. The summed E-state index contributed by atoms with van der Waals surface area (Å²) in [5.74, 6) is 1.05. The largest absolute Gasteiger partial charge is 0.342 e. The molecule has 0 bridgehead atoms. The van der Waals surface area contributed by atoms with E-state index in [1.165, 1.54) is 6.42 Å². The van der Waals surface area contributed by atoms with E-state index in [4.69, 9.17) is 5.73 Å². The van der Waals surface area contributed by atoms with E-state index in [0.717, 1.165) is 38.8 Å². The molecule has 0 unspecified atom stereocenters. The van der Waals surface area contributed by atoms with Gasteiger partial charge in [-0.2, -0.15) is 0 Å². The minimum atomic E-state index is 0. The second kappa shape index (κ2) is 6.25. The third-order valence-electron chi connectivity index (χ3n) is 4.71. The molecule has 1 aliphatic carbocycles. The van der Waals surface area contributed by atoms with Crippen LogP contribution in [-0.4, -0.2) is 30.4 Å². The highest BCUT2D eigenvalue weighted by atomic mass is 35.5. The number of likely N-dealkylation sites (tertiary alicyclic amines) is 1. The van der Waals surface area contributed by atoms with Gasteiger partial charge in [0.15, 0.2) is 0 Å². The zero-order valence-corrected chi connectivity index (χ0v) is 12.5. The van der Waals surface area contributed by atoms with Gasteiger partial charge in [0.2, 0.25) is 5.91 Å². The summed E-state index contributed by atoms with van der Waals surface area (Å²) >= 11 is 0. The predicted molar refractivity (Wildman–Crippen MR) is 76.7 cm³/mol. The van der Waals surface area contributed by atoms with Crippen LogP contribution < -0.4 is 5.73 Å². The zero-order valence-electron chi connectivity index (χ0n) is 11.7. The van der Waals surface area contributed by atoms with E-state index in [1.54, 1.807) is 0 Å². The van der Waals surface area contributed by atoms with Gasteiger partial charge in [-0.1, -0.05) is 20.3 Å². The Morgan fingerprint density at radius 3 is 2.44 bits per heavy atom. The molecule has 0 aromatic rings. The monoisotopic (exact) mass is 274 g/mol. The highest BCUT2D eigenvalue weighted by Crippen LogP contribution is 2.35. The summed E-state index contributed by atoms with van der Waals surface area (Å²) in [7, 11) is 0. The third kappa shape index (κ3) is 3.39. The van der Waals surface area contributed by atoms with Crippen LogP contribution >= 0.6 is 12.4 Å². The van der Waals surface area contributed by atoms with E-state index in [-0.39, 0.29) is 18.3 Å². The summed E-state index contributed by atoms with van der Waals surface area (Å²) in [4.78, 5) is 14.5. The van der Waals surface area contributed by atoms with Crippen LogP contribution in [-0.2, 0) is 4.79 Å². The van der Waals surface area contributed by atoms with Crippen molar-refractivity contribution in [2.75, 3.05) is 19.6 Å². The summed E-state index contributed by atoms with van der Waals surface area (Å²) in [6.45, 7) is 7.16. The lowest BCUT2D eigenvalue weighted by atomic mass is 9.82. The molecule has 0 aromatic carbocycles. The van der Waals surface area contributed by atoms with Gasteiger partial charge in [0, 0.05) is 19.0 Å². The van der Waals surface area contributed by atoms with Crippen LogP contribution in [0.1, 0.15) is 46.0 Å². The predicted octanol–water partition coefficient (Wildman–Crippen LogP) is 2.43. The molecule has 0 aromatic heterocycles. The fourth-order valence-corrected chi connectivity index (χ4v) is 3.21. The molecular formula is C14H27ClN2O. The number of halogens is 1. The van der Waals surface area contributed by atoms with Crippen LogP contribution in [0, 0.1) is 17.3 Å². The van der Waals surface area contributed by atoms with Gasteiger partial charge in [0.25, 0.3) is 0 Å². The lowest BCUT2D eigenvalue weighted by molar-refractivity contribution is -0.138. The van der Waals surface area contributed by atoms with Gasteiger partial charge in [0.1, 0.15) is 0 Å². The molecule has 2 fully saturated rings. The maximum Gasteiger partial charge on any atom is 0.226 e. The Bertz CT molecular complexity index is 284. The topological polar surface area (TPSA) is 46.3 Å². The first-order valence-corrected chi connectivity index (χ1v) is 7.02. The fraction of sp³-hybridized carbons (Fsp3) is 0.929. The molecule has 0 radical (unpaired) electrons. The number of hydrogen-bond acceptors (Lipinski definition) is 2. The first-order valence-electron chi connectivity index (χ1n) is 7.02. The number of nitrogens with two attached hydrogens (primary N) is 1. The van der Waals surface area contributed by atoms with Crippen LogP contribution in [0.5, 0.6) is 0 Å². The van der Waals surface area contributed by atoms with Gasteiger partial charge in [0.05, 0.1) is 0 Å². The standard InChI is InChI=1S/C14H26N2O.ClH/c1-14(2)6-8-16(9-7-14)13(17)12-5-3-4-11(12)10-15;/h11-12H,3-10,15H2,1-2H3;1H/t11-,12-;/m1./s1. The molecule has 18 heavy (non-hydrogen) atoms. The number of carbonyl (C=O) groups is 1. The molecule has 2 atom stereocenters. The molecule has 1 heterocycles. The van der Waals surface area contributed by atoms with E-state index < -0.39 is 0 Å². The highest BCUT2D eigenvalue weighted by molar-refractivity contribution is 5.85. The molecule has 2 N–H and O–H groups in total. The van der Waals surface area contributed by atoms with E-state index in [0.29, 0.717) is 23.8 Å². The second-order valence-electron chi connectivity index (χ2n) is 6.52. The van der Waals surface area contributed by atoms with Crippen molar-refractivity contribution in [3.8, 4) is 0 Å². The molecule has 0 spiro atoms. The minimum absolute atomic E-state index is 0. The van der Waals surface area contributed by atoms with Gasteiger partial charge < -0.3 is 10.6 Å². The summed E-state index contributed by atoms with van der Waals surface area (Å²) in [5, 5.41) is 0. The van der Waals surface area contributed by atoms with Gasteiger partial charge >= 0.3 is 0 Å². The number of nitrogens with zero attached hydrogens (tertiary/aromatic N) is 1. The highest BCUT2D eigenvalue weighted by Gasteiger charge is 2.36. The van der Waals surface area contributed by atoms with E-state index in [2.05, 4.69) is 18.7 Å². The Morgan fingerprint density at radius 2 is 1.89 bits per heavy atom. The van der Waals surface area contributed by atoms with E-state index in [1.807, 2.05) is 0 Å². The van der Waals surface area contributed by atoms with Crippen LogP contribution in [0.2, 0.25) is 0 Å². The van der Waals surface area contributed by atoms with E-state index in [9.17, 15) is 4.79 Å². The zero-order chi connectivity index (χ0) is 12.5. The normalized spacial score (nSPS) is 30.9. The molecular weight excluding hydrogens is 248 g/mol. The minimum Gasteiger partial charge on any atom is -0.342 e. The third-order valence-corrected chi connectivity index (χ3v) is 4.71. The lowest BCUT2D eigenvalue weighted by Crippen LogP contribution is -2.45. The number of carbonyl (C=O) groups excluding carboxylic acids is 1. The van der Waals surface area contributed by atoms with Crippen molar-refractivity contribution in [3.05, 3.63) is 0 Å². The van der Waals surface area contributed by atoms with Crippen molar-refractivity contribution in [1.82, 2.24) is 4.90 Å². The Labute approximate surface area is 117 Å². The maximum atomic E-state index is 12.5. The Hall–Kier alpha value is -0.280. The van der Waals surface area contributed by atoms with Crippen LogP contribution in [0.4, 0.5) is 0 Å². The van der Waals surface area contributed by atoms with Gasteiger partial charge in [-0.15, -0.1) is 12.4 Å². The Kier molecular flexibility index (Phi) is 5.47. The fourth-order valence-electron chi connectivity index (χ4n) is 3.21. The van der Waals surface area contributed by atoms with Crippen molar-refractivity contribution in [3.63, 3.8) is 0 Å². The quantitative estimate of drug-likeness (QED) is 0.841. The number of rotatable bonds is 2. The van der Waals surface area contributed by atoms with Crippen LogP contribution in [0.25, 0.3) is 0 Å². The molecule has 3 nitrogen and oxygen atoms in total. The van der Waals surface area contributed by atoms with Crippen molar-refractivity contribution in [2.45, 2.75) is 46.0 Å². The molecule has 106 valence electrons. The van der Waals surface area contributed by atoms with Crippen LogP contribution in [0.15, 0.2) is 0 Å². The van der Waals surface area contributed by atoms with Crippen LogP contribution in [0.3, 0.4) is 0 Å². The van der Waals surface area contributed by atoms with Crippen molar-refractivity contribution >= 4 is 18.3 Å². The summed E-state index contributed by atoms with van der Waals surface area (Å²) in [6.07, 6.45) is 5.65. The number of piperidine rings is 1. The molecule has 1 amide bonds.